The highest BCUT2D eigenvalue weighted by atomic mass is 32.2. The van der Waals surface area contributed by atoms with Crippen LogP contribution in [-0.4, -0.2) is 36.8 Å². The zero-order valence-corrected chi connectivity index (χ0v) is 22.8. The zero-order valence-electron chi connectivity index (χ0n) is 21.2. The average Bonchev–Trinajstić information content (AvgIpc) is 3.06. The van der Waals surface area contributed by atoms with E-state index in [-0.39, 0.29) is 11.7 Å². The molecule has 0 aliphatic heterocycles. The molecule has 3 aromatic rings. The van der Waals surface area contributed by atoms with E-state index in [1.807, 2.05) is 80.5 Å². The summed E-state index contributed by atoms with van der Waals surface area (Å²) in [6.45, 7) is 17.1. The van der Waals surface area contributed by atoms with Crippen LogP contribution < -0.4 is 0 Å². The number of rotatable bonds is 5. The predicted octanol–water partition coefficient (Wildman–Crippen LogP) is 6.87. The molecule has 0 radical (unpaired) electrons. The first kappa shape index (κ1) is 26.2. The molecule has 34 heavy (non-hydrogen) atoms. The molecule has 0 amide bonds. The Bertz CT molecular complexity index is 1260. The van der Waals surface area contributed by atoms with Crippen molar-refractivity contribution in [3.63, 3.8) is 0 Å². The van der Waals surface area contributed by atoms with E-state index in [0.29, 0.717) is 5.56 Å². The van der Waals surface area contributed by atoms with Crippen LogP contribution in [0.15, 0.2) is 29.3 Å². The minimum absolute atomic E-state index is 0.0483. The third-order valence-electron chi connectivity index (χ3n) is 5.23. The number of fused-ring (bicyclic) bond motifs is 1. The quantitative estimate of drug-likeness (QED) is 0.302. The lowest BCUT2D eigenvalue weighted by Gasteiger charge is -2.29. The minimum atomic E-state index is -1.05. The number of hydrogen-bond donors (Lipinski definition) is 1. The van der Waals surface area contributed by atoms with Crippen LogP contribution in [0, 0.1) is 6.92 Å². The molecule has 8 heteroatoms. The summed E-state index contributed by atoms with van der Waals surface area (Å²) in [6.07, 6.45) is 1.60. The molecule has 1 aromatic carbocycles. The van der Waals surface area contributed by atoms with Gasteiger partial charge < -0.3 is 9.84 Å². The summed E-state index contributed by atoms with van der Waals surface area (Å²) in [4.78, 5) is 30.1. The van der Waals surface area contributed by atoms with Gasteiger partial charge in [-0.15, -0.1) is 11.8 Å². The number of aromatic nitrogens is 2. The molecule has 1 N–H and O–H groups in total. The molecule has 0 unspecified atom stereocenters. The highest BCUT2D eigenvalue weighted by molar-refractivity contribution is 8.01. The molecule has 0 fully saturated rings. The number of hydrogen-bond acceptors (Lipinski definition) is 7. The van der Waals surface area contributed by atoms with Crippen molar-refractivity contribution in [2.24, 2.45) is 0 Å². The normalized spacial score (nSPS) is 12.7. The average molecular weight is 501 g/mol. The van der Waals surface area contributed by atoms with E-state index in [9.17, 15) is 14.7 Å². The van der Waals surface area contributed by atoms with Gasteiger partial charge in [-0.25, -0.2) is 9.78 Å². The van der Waals surface area contributed by atoms with Crippen LogP contribution in [-0.2, 0) is 14.9 Å². The number of thioether (sulfide) groups is 1. The number of aryl methyl sites for hydroxylation is 1. The van der Waals surface area contributed by atoms with Crippen LogP contribution in [0.2, 0.25) is 0 Å². The zero-order chi connectivity index (χ0) is 25.6. The van der Waals surface area contributed by atoms with Gasteiger partial charge >= 0.3 is 11.9 Å². The van der Waals surface area contributed by atoms with Crippen molar-refractivity contribution in [1.29, 1.82) is 0 Å². The summed E-state index contributed by atoms with van der Waals surface area (Å²) in [5, 5.41) is 10.7. The van der Waals surface area contributed by atoms with E-state index in [0.717, 1.165) is 31.8 Å². The number of carbonyl (C=O) groups is 2. The molecule has 0 saturated heterocycles. The summed E-state index contributed by atoms with van der Waals surface area (Å²) in [5.41, 5.74) is 2.32. The summed E-state index contributed by atoms with van der Waals surface area (Å²) in [7, 11) is 0. The van der Waals surface area contributed by atoms with Crippen molar-refractivity contribution in [1.82, 2.24) is 9.36 Å². The topological polar surface area (TPSA) is 89.4 Å². The number of esters is 1. The Morgan fingerprint density at radius 1 is 1.06 bits per heavy atom. The third-order valence-corrected chi connectivity index (χ3v) is 7.43. The van der Waals surface area contributed by atoms with Crippen LogP contribution >= 0.6 is 23.3 Å². The van der Waals surface area contributed by atoms with Crippen molar-refractivity contribution in [2.75, 3.05) is 0 Å². The Morgan fingerprint density at radius 2 is 1.71 bits per heavy atom. The van der Waals surface area contributed by atoms with Crippen LogP contribution in [0.4, 0.5) is 0 Å². The number of pyridine rings is 1. The van der Waals surface area contributed by atoms with E-state index in [1.54, 1.807) is 6.20 Å². The molecular weight excluding hydrogens is 468 g/mol. The van der Waals surface area contributed by atoms with Gasteiger partial charge in [0, 0.05) is 27.6 Å². The lowest BCUT2D eigenvalue weighted by Crippen LogP contribution is -2.36. The highest BCUT2D eigenvalue weighted by Gasteiger charge is 2.35. The fourth-order valence-electron chi connectivity index (χ4n) is 3.53. The van der Waals surface area contributed by atoms with E-state index >= 15 is 0 Å². The lowest BCUT2D eigenvalue weighted by molar-refractivity contribution is -0.156. The largest absolute Gasteiger partial charge is 0.477 e. The minimum Gasteiger partial charge on any atom is -0.477 e. The molecule has 6 nitrogen and oxygen atoms in total. The van der Waals surface area contributed by atoms with Gasteiger partial charge in [-0.3, -0.25) is 4.79 Å². The molecule has 0 aliphatic carbocycles. The molecule has 2 aromatic heterocycles. The Hall–Kier alpha value is -2.45. The van der Waals surface area contributed by atoms with E-state index in [4.69, 9.17) is 4.74 Å². The van der Waals surface area contributed by atoms with E-state index < -0.39 is 21.7 Å². The standard InChI is InChI=1S/C26H32N2O4S2/c1-14-16-10-11-18(33-26(8,9)23(31)32-25(5,6)7)19(21(16)34-28-14)15-12-17(24(2,3)4)20(22(29)30)27-13-15/h10-13H,1-9H3,(H,29,30). The summed E-state index contributed by atoms with van der Waals surface area (Å²) < 4.78 is 10.3. The van der Waals surface area contributed by atoms with Crippen molar-refractivity contribution >= 4 is 45.3 Å². The summed E-state index contributed by atoms with van der Waals surface area (Å²) in [5.74, 6) is -1.35. The second-order valence-corrected chi connectivity index (χ2v) is 13.3. The van der Waals surface area contributed by atoms with E-state index in [2.05, 4.69) is 9.36 Å². The first-order valence-corrected chi connectivity index (χ1v) is 12.7. The first-order valence-electron chi connectivity index (χ1n) is 11.1. The number of benzene rings is 1. The van der Waals surface area contributed by atoms with Crippen LogP contribution in [0.5, 0.6) is 0 Å². The molecule has 0 aliphatic rings. The van der Waals surface area contributed by atoms with Gasteiger partial charge in [-0.2, -0.15) is 4.37 Å². The monoisotopic (exact) mass is 500 g/mol. The molecular formula is C26H32N2O4S2. The van der Waals surface area contributed by atoms with Crippen LogP contribution in [0.25, 0.3) is 21.2 Å². The van der Waals surface area contributed by atoms with E-state index in [1.165, 1.54) is 23.3 Å². The SMILES string of the molecule is Cc1nsc2c(-c3cnc(C(=O)O)c(C(C)(C)C)c3)c(SC(C)(C)C(=O)OC(C)(C)C)ccc12. The second kappa shape index (κ2) is 8.96. The molecule has 0 atom stereocenters. The first-order chi connectivity index (χ1) is 15.5. The van der Waals surface area contributed by atoms with Gasteiger partial charge in [0.05, 0.1) is 10.4 Å². The molecule has 0 spiro atoms. The highest BCUT2D eigenvalue weighted by Crippen LogP contribution is 2.45. The smallest absolute Gasteiger partial charge is 0.354 e. The van der Waals surface area contributed by atoms with Crippen LogP contribution in [0.3, 0.4) is 0 Å². The number of carboxylic acids is 1. The Balaban J connectivity index is 2.22. The maximum atomic E-state index is 13.0. The van der Waals surface area contributed by atoms with Gasteiger partial charge in [0.15, 0.2) is 5.69 Å². The maximum absolute atomic E-state index is 13.0. The Morgan fingerprint density at radius 3 is 2.26 bits per heavy atom. The fourth-order valence-corrected chi connectivity index (χ4v) is 5.68. The van der Waals surface area contributed by atoms with Crippen molar-refractivity contribution in [2.45, 2.75) is 83.0 Å². The molecule has 3 rings (SSSR count). The Kier molecular flexibility index (Phi) is 6.90. The molecule has 0 bridgehead atoms. The summed E-state index contributed by atoms with van der Waals surface area (Å²) in [6, 6.07) is 5.93. The van der Waals surface area contributed by atoms with Gasteiger partial charge in [0.25, 0.3) is 0 Å². The van der Waals surface area contributed by atoms with Gasteiger partial charge in [0.1, 0.15) is 10.3 Å². The molecule has 182 valence electrons. The summed E-state index contributed by atoms with van der Waals surface area (Å²) >= 11 is 2.82. The number of aromatic carboxylic acids is 1. The fraction of sp³-hybridized carbons (Fsp3) is 0.462. The van der Waals surface area contributed by atoms with Crippen molar-refractivity contribution in [3.05, 3.63) is 41.3 Å². The second-order valence-electron chi connectivity index (χ2n) is 10.9. The number of carbonyl (C=O) groups excluding carboxylic acids is 1. The van der Waals surface area contributed by atoms with Gasteiger partial charge in [0.2, 0.25) is 0 Å². The lowest BCUT2D eigenvalue weighted by atomic mass is 9.84. The predicted molar refractivity (Wildman–Crippen MR) is 139 cm³/mol. The Labute approximate surface area is 209 Å². The van der Waals surface area contributed by atoms with Crippen LogP contribution in [0.1, 0.15) is 77.1 Å². The number of carboxylic acid groups (broad SMARTS) is 1. The third kappa shape index (κ3) is 5.44. The van der Waals surface area contributed by atoms with Crippen molar-refractivity contribution in [3.8, 4) is 11.1 Å². The van der Waals surface area contributed by atoms with Crippen molar-refractivity contribution < 1.29 is 19.4 Å². The molecule has 0 saturated carbocycles. The van der Waals surface area contributed by atoms with Gasteiger partial charge in [-0.05, 0) is 76.2 Å². The number of ether oxygens (including phenoxy) is 1. The maximum Gasteiger partial charge on any atom is 0.354 e. The van der Waals surface area contributed by atoms with Gasteiger partial charge in [-0.1, -0.05) is 26.8 Å². The molecule has 2 heterocycles. The number of nitrogens with zero attached hydrogens (tertiary/aromatic N) is 2.